The first-order chi connectivity index (χ1) is 13.3. The van der Waals surface area contributed by atoms with Crippen LogP contribution in [0.1, 0.15) is 8.42 Å². The topological polar surface area (TPSA) is 106 Å². The van der Waals surface area contributed by atoms with Gasteiger partial charge in [-0.1, -0.05) is 18.2 Å². The van der Waals surface area contributed by atoms with Crippen molar-refractivity contribution in [1.82, 2.24) is 9.29 Å². The summed E-state index contributed by atoms with van der Waals surface area (Å²) in [7, 11) is -2.96. The van der Waals surface area contributed by atoms with E-state index in [0.717, 1.165) is 23.6 Å². The number of nitrogens with one attached hydrogen (secondary N) is 2. The Kier molecular flexibility index (Phi) is 5.36. The Morgan fingerprint density at radius 3 is 2.46 bits per heavy atom. The zero-order valence-electron chi connectivity index (χ0n) is 15.3. The number of carbonyl (C=O) groups excluding carboxylic acids is 2. The maximum Gasteiger partial charge on any atom is 0.420 e. The number of sulfonamides is 1. The van der Waals surface area contributed by atoms with E-state index in [4.69, 9.17) is 0 Å². The van der Waals surface area contributed by atoms with E-state index in [0.29, 0.717) is 5.69 Å². The number of fused-ring (bicyclic) bond motifs is 1. The molecule has 8 nitrogen and oxygen atoms in total. The minimum Gasteiger partial charge on any atom is -0.452 e. The molecule has 0 aliphatic heterocycles. The molecule has 2 aromatic carbocycles. The first-order valence-corrected chi connectivity index (χ1v) is 9.83. The molecule has 2 amide bonds. The van der Waals surface area contributed by atoms with Gasteiger partial charge in [0.1, 0.15) is 6.54 Å². The number of methoxy groups -OCH3 is 1. The summed E-state index contributed by atoms with van der Waals surface area (Å²) in [5.41, 5.74) is 2.48. The molecule has 2 N–H and O–H groups in total. The van der Waals surface area contributed by atoms with Crippen molar-refractivity contribution in [2.24, 2.45) is 0 Å². The van der Waals surface area contributed by atoms with Crippen molar-refractivity contribution in [3.63, 3.8) is 0 Å². The van der Waals surface area contributed by atoms with Gasteiger partial charge in [-0.05, 0) is 42.8 Å². The van der Waals surface area contributed by atoms with E-state index >= 15 is 0 Å². The van der Waals surface area contributed by atoms with Crippen LogP contribution in [0.5, 0.6) is 0 Å². The van der Waals surface area contributed by atoms with Crippen molar-refractivity contribution >= 4 is 38.6 Å². The third-order valence-electron chi connectivity index (χ3n) is 4.15. The molecular formula is C19H23N3O5S. The number of anilines is 1. The van der Waals surface area contributed by atoms with Gasteiger partial charge in [-0.15, -0.1) is 0 Å². The molecule has 0 radical (unpaired) electrons. The van der Waals surface area contributed by atoms with E-state index in [1.54, 1.807) is 4.72 Å². The molecule has 1 heterocycles. The van der Waals surface area contributed by atoms with Crippen LogP contribution in [-0.4, -0.2) is 32.1 Å². The molecule has 0 saturated heterocycles. The first kappa shape index (κ1) is 19.4. The highest BCUT2D eigenvalue weighted by atomic mass is 32.2. The van der Waals surface area contributed by atoms with Gasteiger partial charge < -0.3 is 14.6 Å². The molecule has 0 bridgehead atoms. The maximum absolute atomic E-state index is 12.4. The van der Waals surface area contributed by atoms with Crippen LogP contribution in [-0.2, 0) is 26.1 Å². The Morgan fingerprint density at radius 2 is 1.79 bits per heavy atom. The number of para-hydroxylation sites is 1. The standard InChI is InChI=1S/C19H19N3O5S.2H2/c1-13-11-22(17-6-4-3-5-16(13)17)12-18(23)20-14-7-9-15(10-8-14)28(25,26)21-19(24)27-2;;/h3-11H,12H2,1-2H3,(H,20,23)(H,21,24);2*1H. The number of amides is 2. The molecule has 0 aliphatic rings. The summed E-state index contributed by atoms with van der Waals surface area (Å²) in [5.74, 6) is -0.246. The molecule has 3 aromatic rings. The van der Waals surface area contributed by atoms with Crippen LogP contribution in [0.3, 0.4) is 0 Å². The largest absolute Gasteiger partial charge is 0.452 e. The third kappa shape index (κ3) is 4.15. The van der Waals surface area contributed by atoms with E-state index in [-0.39, 0.29) is 20.2 Å². The third-order valence-corrected chi connectivity index (χ3v) is 5.48. The molecule has 0 atom stereocenters. The van der Waals surface area contributed by atoms with Crippen LogP contribution in [0.15, 0.2) is 59.6 Å². The fourth-order valence-electron chi connectivity index (χ4n) is 2.84. The molecule has 0 unspecified atom stereocenters. The van der Waals surface area contributed by atoms with Crippen molar-refractivity contribution in [2.45, 2.75) is 18.4 Å². The summed E-state index contributed by atoms with van der Waals surface area (Å²) < 4.78 is 31.9. The monoisotopic (exact) mass is 405 g/mol. The number of hydrogen-bond acceptors (Lipinski definition) is 5. The molecule has 0 aliphatic carbocycles. The lowest BCUT2D eigenvalue weighted by Gasteiger charge is -2.09. The lowest BCUT2D eigenvalue weighted by Crippen LogP contribution is -2.30. The Labute approximate surface area is 165 Å². The number of hydrogen-bond donors (Lipinski definition) is 2. The number of aromatic nitrogens is 1. The fraction of sp³-hybridized carbons (Fsp3) is 0.158. The van der Waals surface area contributed by atoms with E-state index in [1.165, 1.54) is 24.3 Å². The Morgan fingerprint density at radius 1 is 1.11 bits per heavy atom. The van der Waals surface area contributed by atoms with Crippen LogP contribution in [0, 0.1) is 6.92 Å². The van der Waals surface area contributed by atoms with Gasteiger partial charge >= 0.3 is 6.09 Å². The number of aryl methyl sites for hydroxylation is 1. The molecule has 1 aromatic heterocycles. The van der Waals surface area contributed by atoms with Crippen molar-refractivity contribution in [2.75, 3.05) is 12.4 Å². The summed E-state index contributed by atoms with van der Waals surface area (Å²) in [6.07, 6.45) is 0.838. The highest BCUT2D eigenvalue weighted by molar-refractivity contribution is 7.90. The second-order valence-electron chi connectivity index (χ2n) is 6.13. The lowest BCUT2D eigenvalue weighted by molar-refractivity contribution is -0.116. The van der Waals surface area contributed by atoms with Crippen molar-refractivity contribution in [3.8, 4) is 0 Å². The number of benzene rings is 2. The van der Waals surface area contributed by atoms with Gasteiger partial charge in [0.2, 0.25) is 5.91 Å². The van der Waals surface area contributed by atoms with Gasteiger partial charge in [0.05, 0.1) is 12.0 Å². The van der Waals surface area contributed by atoms with E-state index < -0.39 is 16.1 Å². The van der Waals surface area contributed by atoms with Gasteiger partial charge in [0, 0.05) is 25.6 Å². The minimum absolute atomic E-state index is 0. The number of carbonyl (C=O) groups is 2. The lowest BCUT2D eigenvalue weighted by atomic mass is 10.2. The van der Waals surface area contributed by atoms with Gasteiger partial charge in [0.25, 0.3) is 10.0 Å². The van der Waals surface area contributed by atoms with Crippen LogP contribution in [0.25, 0.3) is 10.9 Å². The fourth-order valence-corrected chi connectivity index (χ4v) is 3.76. The molecule has 150 valence electrons. The first-order valence-electron chi connectivity index (χ1n) is 8.35. The summed E-state index contributed by atoms with van der Waals surface area (Å²) >= 11 is 0. The maximum atomic E-state index is 12.4. The van der Waals surface area contributed by atoms with Crippen LogP contribution >= 0.6 is 0 Å². The minimum atomic E-state index is -4.03. The predicted octanol–water partition coefficient (Wildman–Crippen LogP) is 3.13. The number of nitrogens with zero attached hydrogens (tertiary/aromatic N) is 1. The quantitative estimate of drug-likeness (QED) is 0.678. The van der Waals surface area contributed by atoms with Gasteiger partial charge in [0.15, 0.2) is 0 Å². The summed E-state index contributed by atoms with van der Waals surface area (Å²) in [4.78, 5) is 23.4. The van der Waals surface area contributed by atoms with Crippen molar-refractivity contribution in [3.05, 3.63) is 60.3 Å². The number of rotatable bonds is 5. The molecule has 9 heteroatoms. The van der Waals surface area contributed by atoms with E-state index in [1.807, 2.05) is 42.0 Å². The second-order valence-corrected chi connectivity index (χ2v) is 7.81. The Hall–Kier alpha value is -3.33. The molecule has 3 rings (SSSR count). The van der Waals surface area contributed by atoms with Crippen molar-refractivity contribution in [1.29, 1.82) is 0 Å². The summed E-state index contributed by atoms with van der Waals surface area (Å²) in [6, 6.07) is 13.3. The Bertz CT molecular complexity index is 1140. The molecular weight excluding hydrogens is 382 g/mol. The Balaban J connectivity index is 0.00000225. The summed E-state index contributed by atoms with van der Waals surface area (Å²) in [6.45, 7) is 2.11. The smallest absolute Gasteiger partial charge is 0.420 e. The molecule has 0 spiro atoms. The van der Waals surface area contributed by atoms with E-state index in [9.17, 15) is 18.0 Å². The molecule has 28 heavy (non-hydrogen) atoms. The zero-order valence-corrected chi connectivity index (χ0v) is 16.1. The average Bonchev–Trinajstić information content (AvgIpc) is 2.97. The highest BCUT2D eigenvalue weighted by Gasteiger charge is 2.18. The van der Waals surface area contributed by atoms with Crippen LogP contribution in [0.4, 0.5) is 10.5 Å². The molecule has 0 saturated carbocycles. The normalized spacial score (nSPS) is 11.2. The average molecular weight is 405 g/mol. The predicted molar refractivity (Wildman–Crippen MR) is 109 cm³/mol. The van der Waals surface area contributed by atoms with Gasteiger partial charge in [-0.2, -0.15) is 0 Å². The van der Waals surface area contributed by atoms with Crippen LogP contribution in [0.2, 0.25) is 0 Å². The second kappa shape index (κ2) is 7.73. The SMILES string of the molecule is COC(=O)NS(=O)(=O)c1ccc(NC(=O)Cn2cc(C)c3ccccc32)cc1.[HH].[HH]. The highest BCUT2D eigenvalue weighted by Crippen LogP contribution is 2.20. The molecule has 0 fully saturated rings. The van der Waals surface area contributed by atoms with Gasteiger partial charge in [-0.25, -0.2) is 17.9 Å². The van der Waals surface area contributed by atoms with Crippen molar-refractivity contribution < 1.29 is 25.6 Å². The van der Waals surface area contributed by atoms with Gasteiger partial charge in [-0.3, -0.25) is 4.79 Å². The van der Waals surface area contributed by atoms with Crippen LogP contribution < -0.4 is 10.0 Å². The van der Waals surface area contributed by atoms with E-state index in [2.05, 4.69) is 10.1 Å². The number of ether oxygens (including phenoxy) is 1. The zero-order chi connectivity index (χ0) is 20.3. The summed E-state index contributed by atoms with van der Waals surface area (Å²) in [5, 5.41) is 3.81.